The van der Waals surface area contributed by atoms with E-state index in [4.69, 9.17) is 4.52 Å². The van der Waals surface area contributed by atoms with Gasteiger partial charge in [0, 0.05) is 24.6 Å². The summed E-state index contributed by atoms with van der Waals surface area (Å²) < 4.78 is 5.47. The van der Waals surface area contributed by atoms with E-state index in [1.165, 1.54) is 44.9 Å². The summed E-state index contributed by atoms with van der Waals surface area (Å²) in [5.41, 5.74) is 1.08. The van der Waals surface area contributed by atoms with Gasteiger partial charge in [0.05, 0.1) is 5.69 Å². The fraction of sp³-hybridized carbons (Fsp3) is 0.769. The van der Waals surface area contributed by atoms with Crippen LogP contribution >= 0.6 is 0 Å². The second kappa shape index (κ2) is 4.58. The molecule has 0 spiro atoms. The van der Waals surface area contributed by atoms with Crippen LogP contribution < -0.4 is 5.32 Å². The topological polar surface area (TPSA) is 38.1 Å². The van der Waals surface area contributed by atoms with Crippen molar-refractivity contribution in [1.29, 1.82) is 0 Å². The van der Waals surface area contributed by atoms with E-state index in [2.05, 4.69) is 16.5 Å². The molecule has 2 saturated carbocycles. The second-order valence-electron chi connectivity index (χ2n) is 5.21. The number of rotatable bonds is 4. The maximum Gasteiger partial charge on any atom is 0.140 e. The normalized spacial score (nSPS) is 22.5. The van der Waals surface area contributed by atoms with Crippen LogP contribution in [-0.2, 0) is 6.54 Å². The Morgan fingerprint density at radius 2 is 2.00 bits per heavy atom. The molecule has 1 N–H and O–H groups in total. The zero-order chi connectivity index (χ0) is 10.8. The van der Waals surface area contributed by atoms with Gasteiger partial charge in [-0.15, -0.1) is 0 Å². The standard InChI is InChI=1S/C13H20N2O/c1-2-4-10(5-3-1)13-8-12(15-16-13)9-14-11-6-7-11/h8,10-11,14H,1-7,9H2. The summed E-state index contributed by atoms with van der Waals surface area (Å²) in [6.45, 7) is 0.876. The first-order valence-electron chi connectivity index (χ1n) is 6.61. The van der Waals surface area contributed by atoms with Crippen LogP contribution in [0.1, 0.15) is 62.3 Å². The fourth-order valence-electron chi connectivity index (χ4n) is 2.53. The van der Waals surface area contributed by atoms with Gasteiger partial charge >= 0.3 is 0 Å². The Bertz CT molecular complexity index is 337. The maximum absolute atomic E-state index is 5.47. The van der Waals surface area contributed by atoms with Crippen LogP contribution in [0, 0.1) is 0 Å². The smallest absolute Gasteiger partial charge is 0.140 e. The molecule has 0 amide bonds. The largest absolute Gasteiger partial charge is 0.361 e. The molecule has 88 valence electrons. The van der Waals surface area contributed by atoms with Crippen LogP contribution in [0.2, 0.25) is 0 Å². The molecule has 3 nitrogen and oxygen atoms in total. The minimum absolute atomic E-state index is 0.635. The average Bonchev–Trinajstić information content (AvgIpc) is 3.05. The molecule has 0 aliphatic heterocycles. The molecule has 0 unspecified atom stereocenters. The molecule has 0 bridgehead atoms. The van der Waals surface area contributed by atoms with Crippen LogP contribution in [0.5, 0.6) is 0 Å². The van der Waals surface area contributed by atoms with E-state index in [1.807, 2.05) is 0 Å². The first-order chi connectivity index (χ1) is 7.92. The molecule has 3 rings (SSSR count). The second-order valence-corrected chi connectivity index (χ2v) is 5.21. The molecular formula is C13H20N2O. The van der Waals surface area contributed by atoms with Crippen molar-refractivity contribution in [3.63, 3.8) is 0 Å². The van der Waals surface area contributed by atoms with E-state index in [0.717, 1.165) is 24.0 Å². The zero-order valence-electron chi connectivity index (χ0n) is 9.74. The van der Waals surface area contributed by atoms with E-state index in [-0.39, 0.29) is 0 Å². The molecule has 0 aromatic carbocycles. The van der Waals surface area contributed by atoms with Gasteiger partial charge in [0.1, 0.15) is 5.76 Å². The van der Waals surface area contributed by atoms with Crippen LogP contribution in [0.15, 0.2) is 10.6 Å². The Morgan fingerprint density at radius 1 is 1.19 bits per heavy atom. The van der Waals surface area contributed by atoms with E-state index in [9.17, 15) is 0 Å². The summed E-state index contributed by atoms with van der Waals surface area (Å²) in [4.78, 5) is 0. The SMILES string of the molecule is c1c(CNC2CC2)noc1C1CCCCC1. The third kappa shape index (κ3) is 2.46. The molecule has 2 aliphatic rings. The molecule has 3 heteroatoms. The number of aromatic nitrogens is 1. The van der Waals surface area contributed by atoms with Crippen molar-refractivity contribution in [2.45, 2.75) is 63.5 Å². The summed E-state index contributed by atoms with van der Waals surface area (Å²) in [6, 6.07) is 2.90. The Morgan fingerprint density at radius 3 is 2.75 bits per heavy atom. The third-order valence-electron chi connectivity index (χ3n) is 3.73. The highest BCUT2D eigenvalue weighted by molar-refractivity contribution is 5.10. The molecule has 1 aromatic rings. The molecular weight excluding hydrogens is 200 g/mol. The monoisotopic (exact) mass is 220 g/mol. The molecule has 0 saturated heterocycles. The Labute approximate surface area is 96.6 Å². The summed E-state index contributed by atoms with van der Waals surface area (Å²) in [5, 5.41) is 7.62. The Kier molecular flexibility index (Phi) is 2.96. The number of hydrogen-bond donors (Lipinski definition) is 1. The van der Waals surface area contributed by atoms with Gasteiger partial charge in [0.25, 0.3) is 0 Å². The van der Waals surface area contributed by atoms with Crippen LogP contribution in [-0.4, -0.2) is 11.2 Å². The molecule has 1 aromatic heterocycles. The molecule has 2 fully saturated rings. The number of nitrogens with zero attached hydrogens (tertiary/aromatic N) is 1. The predicted molar refractivity (Wildman–Crippen MR) is 62.2 cm³/mol. The van der Waals surface area contributed by atoms with Crippen molar-refractivity contribution in [1.82, 2.24) is 10.5 Å². The highest BCUT2D eigenvalue weighted by Gasteiger charge is 2.22. The van der Waals surface area contributed by atoms with Crippen LogP contribution in [0.4, 0.5) is 0 Å². The maximum atomic E-state index is 5.47. The van der Waals surface area contributed by atoms with Gasteiger partial charge in [-0.25, -0.2) is 0 Å². The minimum atomic E-state index is 0.635. The zero-order valence-corrected chi connectivity index (χ0v) is 9.74. The van der Waals surface area contributed by atoms with Crippen LogP contribution in [0.3, 0.4) is 0 Å². The third-order valence-corrected chi connectivity index (χ3v) is 3.73. The van der Waals surface area contributed by atoms with Gasteiger partial charge in [0.15, 0.2) is 0 Å². The van der Waals surface area contributed by atoms with E-state index < -0.39 is 0 Å². The first-order valence-corrected chi connectivity index (χ1v) is 6.61. The molecule has 0 atom stereocenters. The summed E-state index contributed by atoms with van der Waals surface area (Å²) in [5.74, 6) is 1.75. The summed E-state index contributed by atoms with van der Waals surface area (Å²) in [6.07, 6.45) is 9.30. The molecule has 16 heavy (non-hydrogen) atoms. The lowest BCUT2D eigenvalue weighted by Crippen LogP contribution is -2.15. The van der Waals surface area contributed by atoms with Crippen molar-refractivity contribution < 1.29 is 4.52 Å². The summed E-state index contributed by atoms with van der Waals surface area (Å²) in [7, 11) is 0. The van der Waals surface area contributed by atoms with E-state index >= 15 is 0 Å². The Balaban J connectivity index is 1.57. The fourth-order valence-corrected chi connectivity index (χ4v) is 2.53. The van der Waals surface area contributed by atoms with Crippen molar-refractivity contribution in [3.05, 3.63) is 17.5 Å². The van der Waals surface area contributed by atoms with Gasteiger partial charge in [0.2, 0.25) is 0 Å². The summed E-state index contributed by atoms with van der Waals surface area (Å²) >= 11 is 0. The molecule has 2 aliphatic carbocycles. The van der Waals surface area contributed by atoms with Crippen molar-refractivity contribution in [3.8, 4) is 0 Å². The average molecular weight is 220 g/mol. The van der Waals surface area contributed by atoms with E-state index in [1.54, 1.807) is 0 Å². The number of hydrogen-bond acceptors (Lipinski definition) is 3. The lowest BCUT2D eigenvalue weighted by molar-refractivity contribution is 0.318. The van der Waals surface area contributed by atoms with Gasteiger partial charge in [-0.3, -0.25) is 0 Å². The van der Waals surface area contributed by atoms with E-state index in [0.29, 0.717) is 5.92 Å². The quantitative estimate of drug-likeness (QED) is 0.847. The predicted octanol–water partition coefficient (Wildman–Crippen LogP) is 2.97. The highest BCUT2D eigenvalue weighted by Crippen LogP contribution is 2.32. The Hall–Kier alpha value is -0.830. The minimum Gasteiger partial charge on any atom is -0.361 e. The molecule has 0 radical (unpaired) electrons. The number of nitrogens with one attached hydrogen (secondary N) is 1. The van der Waals surface area contributed by atoms with Gasteiger partial charge < -0.3 is 9.84 Å². The molecule has 1 heterocycles. The van der Waals surface area contributed by atoms with Crippen molar-refractivity contribution in [2.24, 2.45) is 0 Å². The van der Waals surface area contributed by atoms with Crippen molar-refractivity contribution in [2.75, 3.05) is 0 Å². The van der Waals surface area contributed by atoms with Gasteiger partial charge in [-0.05, 0) is 25.7 Å². The lowest BCUT2D eigenvalue weighted by atomic mass is 9.87. The van der Waals surface area contributed by atoms with Gasteiger partial charge in [-0.1, -0.05) is 24.4 Å². The van der Waals surface area contributed by atoms with Gasteiger partial charge in [-0.2, -0.15) is 0 Å². The van der Waals surface area contributed by atoms with Crippen LogP contribution in [0.25, 0.3) is 0 Å². The van der Waals surface area contributed by atoms with Crippen molar-refractivity contribution >= 4 is 0 Å². The first kappa shape index (κ1) is 10.3. The highest BCUT2D eigenvalue weighted by atomic mass is 16.5. The lowest BCUT2D eigenvalue weighted by Gasteiger charge is -2.18.